The number of ether oxygens (including phenoxy) is 1. The molecule has 0 radical (unpaired) electrons. The number of thiazole rings is 1. The molecule has 0 spiro atoms. The van der Waals surface area contributed by atoms with Crippen LogP contribution in [0.4, 0.5) is 0 Å². The molecular weight excluding hydrogens is 374 g/mol. The molecule has 3 rings (SSSR count). The third-order valence-corrected chi connectivity index (χ3v) is 5.27. The number of nitriles is 1. The van der Waals surface area contributed by atoms with Crippen molar-refractivity contribution in [2.75, 3.05) is 6.61 Å². The molecule has 1 aromatic heterocycles. The molecular formula is C18H16ClN3O3S. The number of hydrogen-bond acceptors (Lipinski definition) is 6. The standard InChI is InChI=1S/C18H16ClN3O3S/c1-18(10-20,12-5-6-12)22-15(23)8-25-17(24)14-9-26-16(21-14)11-3-2-4-13(19)7-11/h2-4,7,9,12H,5-6,8H2,1H3,(H,22,23)/t18-/m1/s1. The Morgan fingerprint density at radius 1 is 1.50 bits per heavy atom. The molecule has 2 aromatic rings. The number of carbonyl (C=O) groups excluding carboxylic acids is 2. The van der Waals surface area contributed by atoms with Crippen molar-refractivity contribution in [3.63, 3.8) is 0 Å². The summed E-state index contributed by atoms with van der Waals surface area (Å²) in [6.45, 7) is 1.23. The minimum Gasteiger partial charge on any atom is -0.451 e. The summed E-state index contributed by atoms with van der Waals surface area (Å²) in [6, 6.07) is 9.27. The molecule has 1 amide bonds. The van der Waals surface area contributed by atoms with E-state index in [4.69, 9.17) is 16.3 Å². The normalized spacial score (nSPS) is 15.6. The van der Waals surface area contributed by atoms with Gasteiger partial charge in [-0.1, -0.05) is 23.7 Å². The van der Waals surface area contributed by atoms with Crippen molar-refractivity contribution in [2.24, 2.45) is 5.92 Å². The van der Waals surface area contributed by atoms with E-state index < -0.39 is 24.0 Å². The van der Waals surface area contributed by atoms with Gasteiger partial charge in [-0.25, -0.2) is 9.78 Å². The van der Waals surface area contributed by atoms with E-state index in [9.17, 15) is 14.9 Å². The molecule has 1 atom stereocenters. The second-order valence-corrected chi connectivity index (χ2v) is 7.56. The van der Waals surface area contributed by atoms with Crippen LogP contribution < -0.4 is 5.32 Å². The highest BCUT2D eigenvalue weighted by atomic mass is 35.5. The maximum absolute atomic E-state index is 12.1. The topological polar surface area (TPSA) is 92.1 Å². The highest BCUT2D eigenvalue weighted by Gasteiger charge is 2.43. The molecule has 26 heavy (non-hydrogen) atoms. The number of rotatable bonds is 6. The first-order valence-electron chi connectivity index (χ1n) is 8.02. The fourth-order valence-electron chi connectivity index (χ4n) is 2.53. The van der Waals surface area contributed by atoms with Crippen LogP contribution in [0.2, 0.25) is 5.02 Å². The number of halogens is 1. The van der Waals surface area contributed by atoms with Gasteiger partial charge in [0, 0.05) is 16.0 Å². The number of nitrogens with zero attached hydrogens (tertiary/aromatic N) is 2. The lowest BCUT2D eigenvalue weighted by Crippen LogP contribution is -2.48. The fraction of sp³-hybridized carbons (Fsp3) is 0.333. The van der Waals surface area contributed by atoms with Crippen molar-refractivity contribution in [1.29, 1.82) is 5.26 Å². The van der Waals surface area contributed by atoms with E-state index in [-0.39, 0.29) is 11.6 Å². The van der Waals surface area contributed by atoms with E-state index in [0.717, 1.165) is 18.4 Å². The molecule has 1 aromatic carbocycles. The van der Waals surface area contributed by atoms with Crippen LogP contribution in [-0.2, 0) is 9.53 Å². The van der Waals surface area contributed by atoms with Crippen molar-refractivity contribution >= 4 is 34.8 Å². The minimum absolute atomic E-state index is 0.128. The number of aromatic nitrogens is 1. The second kappa shape index (κ2) is 7.44. The zero-order valence-electron chi connectivity index (χ0n) is 14.0. The SMILES string of the molecule is C[C@](C#N)(NC(=O)COC(=O)c1csc(-c2cccc(Cl)c2)n1)C1CC1. The summed E-state index contributed by atoms with van der Waals surface area (Å²) in [5.74, 6) is -1.03. The third-order valence-electron chi connectivity index (χ3n) is 4.14. The van der Waals surface area contributed by atoms with E-state index in [0.29, 0.717) is 10.0 Å². The number of benzene rings is 1. The largest absolute Gasteiger partial charge is 0.451 e. The minimum atomic E-state index is -0.913. The first-order valence-corrected chi connectivity index (χ1v) is 9.28. The summed E-state index contributed by atoms with van der Waals surface area (Å²) >= 11 is 7.24. The highest BCUT2D eigenvalue weighted by molar-refractivity contribution is 7.13. The Bertz CT molecular complexity index is 888. The number of esters is 1. The second-order valence-electron chi connectivity index (χ2n) is 6.26. The van der Waals surface area contributed by atoms with Gasteiger partial charge in [0.1, 0.15) is 10.5 Å². The average Bonchev–Trinajstić information content (AvgIpc) is 3.37. The van der Waals surface area contributed by atoms with E-state index >= 15 is 0 Å². The van der Waals surface area contributed by atoms with Gasteiger partial charge in [0.25, 0.3) is 5.91 Å². The zero-order valence-corrected chi connectivity index (χ0v) is 15.6. The Labute approximate surface area is 159 Å². The predicted octanol–water partition coefficient (Wildman–Crippen LogP) is 3.43. The van der Waals surface area contributed by atoms with Crippen molar-refractivity contribution in [1.82, 2.24) is 10.3 Å². The van der Waals surface area contributed by atoms with Crippen LogP contribution in [0.25, 0.3) is 10.6 Å². The van der Waals surface area contributed by atoms with Crippen LogP contribution >= 0.6 is 22.9 Å². The lowest BCUT2D eigenvalue weighted by molar-refractivity contribution is -0.125. The lowest BCUT2D eigenvalue weighted by Gasteiger charge is -2.22. The van der Waals surface area contributed by atoms with Gasteiger partial charge in [-0.15, -0.1) is 11.3 Å². The molecule has 0 unspecified atom stereocenters. The molecule has 1 fully saturated rings. The van der Waals surface area contributed by atoms with Gasteiger partial charge in [-0.05, 0) is 37.8 Å². The lowest BCUT2D eigenvalue weighted by atomic mass is 9.98. The van der Waals surface area contributed by atoms with Crippen molar-refractivity contribution < 1.29 is 14.3 Å². The highest BCUT2D eigenvalue weighted by Crippen LogP contribution is 2.39. The quantitative estimate of drug-likeness (QED) is 0.764. The maximum Gasteiger partial charge on any atom is 0.358 e. The molecule has 1 heterocycles. The van der Waals surface area contributed by atoms with E-state index in [1.54, 1.807) is 30.5 Å². The molecule has 1 aliphatic rings. The Morgan fingerprint density at radius 2 is 2.27 bits per heavy atom. The smallest absolute Gasteiger partial charge is 0.358 e. The van der Waals surface area contributed by atoms with Crippen molar-refractivity contribution in [3.05, 3.63) is 40.4 Å². The van der Waals surface area contributed by atoms with Crippen LogP contribution in [0.3, 0.4) is 0 Å². The van der Waals surface area contributed by atoms with Crippen LogP contribution in [-0.4, -0.2) is 29.0 Å². The van der Waals surface area contributed by atoms with E-state index in [1.807, 2.05) is 6.07 Å². The van der Waals surface area contributed by atoms with Gasteiger partial charge in [0.05, 0.1) is 6.07 Å². The van der Waals surface area contributed by atoms with Crippen molar-refractivity contribution in [2.45, 2.75) is 25.3 Å². The first-order chi connectivity index (χ1) is 12.4. The Balaban J connectivity index is 1.57. The van der Waals surface area contributed by atoms with Crippen LogP contribution in [0.1, 0.15) is 30.3 Å². The molecule has 6 nitrogen and oxygen atoms in total. The van der Waals surface area contributed by atoms with Gasteiger partial charge in [-0.3, -0.25) is 4.79 Å². The molecule has 134 valence electrons. The third kappa shape index (κ3) is 4.21. The summed E-state index contributed by atoms with van der Waals surface area (Å²) < 4.78 is 5.01. The van der Waals surface area contributed by atoms with Gasteiger partial charge in [0.15, 0.2) is 12.3 Å². The summed E-state index contributed by atoms with van der Waals surface area (Å²) in [5, 5.41) is 14.7. The predicted molar refractivity (Wildman–Crippen MR) is 97.7 cm³/mol. The number of hydrogen-bond donors (Lipinski definition) is 1. The molecule has 0 bridgehead atoms. The molecule has 0 aliphatic heterocycles. The Morgan fingerprint density at radius 3 is 2.92 bits per heavy atom. The summed E-state index contributed by atoms with van der Waals surface area (Å²) in [4.78, 5) is 28.3. The van der Waals surface area contributed by atoms with Gasteiger partial charge >= 0.3 is 5.97 Å². The van der Waals surface area contributed by atoms with Crippen molar-refractivity contribution in [3.8, 4) is 16.6 Å². The van der Waals surface area contributed by atoms with Crippen LogP contribution in [0.15, 0.2) is 29.6 Å². The molecule has 1 N–H and O–H groups in total. The monoisotopic (exact) mass is 389 g/mol. The molecule has 1 saturated carbocycles. The van der Waals surface area contributed by atoms with Gasteiger partial charge in [0.2, 0.25) is 0 Å². The van der Waals surface area contributed by atoms with Crippen LogP contribution in [0, 0.1) is 17.2 Å². The van der Waals surface area contributed by atoms with Crippen LogP contribution in [0.5, 0.6) is 0 Å². The molecule has 0 saturated heterocycles. The van der Waals surface area contributed by atoms with E-state index in [1.165, 1.54) is 11.3 Å². The number of nitrogens with one attached hydrogen (secondary N) is 1. The fourth-order valence-corrected chi connectivity index (χ4v) is 3.51. The summed E-state index contributed by atoms with van der Waals surface area (Å²) in [7, 11) is 0. The Kier molecular flexibility index (Phi) is 5.25. The summed E-state index contributed by atoms with van der Waals surface area (Å²) in [5.41, 5.74) is 0.0145. The van der Waals surface area contributed by atoms with E-state index in [2.05, 4.69) is 16.4 Å². The molecule has 1 aliphatic carbocycles. The molecule has 8 heteroatoms. The average molecular weight is 390 g/mol. The number of amides is 1. The Hall–Kier alpha value is -2.43. The van der Waals surface area contributed by atoms with Gasteiger partial charge < -0.3 is 10.1 Å². The first kappa shape index (κ1) is 18.4. The maximum atomic E-state index is 12.1. The van der Waals surface area contributed by atoms with Gasteiger partial charge in [-0.2, -0.15) is 5.26 Å². The summed E-state index contributed by atoms with van der Waals surface area (Å²) in [6.07, 6.45) is 1.82. The zero-order chi connectivity index (χ0) is 18.7. The number of carbonyl (C=O) groups is 2.